The molecule has 12 N–H and O–H groups in total. The molecule has 3 aliphatic heterocycles. The molecule has 614 valence electrons. The fraction of sp³-hybridized carbons (Fsp3) is 0.494. The molecular weight excluding hydrogens is 1540 g/mol. The van der Waals surface area contributed by atoms with Gasteiger partial charge in [-0.2, -0.15) is 0 Å². The van der Waals surface area contributed by atoms with Gasteiger partial charge in [-0.1, -0.05) is 74.5 Å². The molecule has 0 spiro atoms. The number of benzene rings is 5. The molecular formula is C77H98Cl2N10O23S. The minimum atomic E-state index is -1.95. The summed E-state index contributed by atoms with van der Waals surface area (Å²) in [4.78, 5) is 127. The number of likely N-dealkylation sites (N-methyl/N-ethyl adjacent to an activating group) is 2. The number of hydrogen-bond acceptors (Lipinski definition) is 24. The number of nitrogens with one attached hydrogen (secondary N) is 4. The van der Waals surface area contributed by atoms with Crippen LogP contribution in [0.4, 0.5) is 31.4 Å². The van der Waals surface area contributed by atoms with Gasteiger partial charge in [-0.25, -0.2) is 19.2 Å². The van der Waals surface area contributed by atoms with Crippen LogP contribution in [0.3, 0.4) is 0 Å². The number of carboxylic acids is 1. The predicted molar refractivity (Wildman–Crippen MR) is 418 cm³/mol. The number of nitrogens with two attached hydrogens (primary N) is 2. The highest BCUT2D eigenvalue weighted by atomic mass is 35.5. The highest BCUT2D eigenvalue weighted by Crippen LogP contribution is 2.49. The number of primary amides is 1. The molecule has 1 fully saturated rings. The third-order valence-electron chi connectivity index (χ3n) is 18.8. The Balaban J connectivity index is 0.740. The summed E-state index contributed by atoms with van der Waals surface area (Å²) in [7, 11) is 2.99. The number of nitrogens with zero attached hydrogens (tertiary/aromatic N) is 4. The van der Waals surface area contributed by atoms with Crippen LogP contribution in [0.2, 0.25) is 0 Å². The highest BCUT2D eigenvalue weighted by molar-refractivity contribution is 7.16. The maximum atomic E-state index is 14.8. The Kier molecular flexibility index (Phi) is 33.7. The van der Waals surface area contributed by atoms with Gasteiger partial charge >= 0.3 is 24.2 Å². The monoisotopic (exact) mass is 1630 g/mol. The number of carbonyl (C=O) groups excluding carboxylic acids is 8. The molecule has 4 heterocycles. The molecule has 2 unspecified atom stereocenters. The number of alkyl halides is 2. The molecule has 0 bridgehead atoms. The van der Waals surface area contributed by atoms with Crippen LogP contribution in [0.1, 0.15) is 81.0 Å². The first-order valence-electron chi connectivity index (χ1n) is 37.0. The minimum Gasteiger partial charge on any atom is -0.479 e. The van der Waals surface area contributed by atoms with Crippen molar-refractivity contribution in [2.24, 2.45) is 17.4 Å². The summed E-state index contributed by atoms with van der Waals surface area (Å²) in [5.74, 6) is -4.84. The molecule has 0 aliphatic carbocycles. The number of urea groups is 1. The van der Waals surface area contributed by atoms with E-state index in [1.54, 1.807) is 98.8 Å². The standard InChI is InChI=1S/C77H98Cl2N10O23S/c1-45(2)64(85-61(90)21-26-103-28-30-105-32-34-107-36-37-108-35-33-106-31-29-104-27-22-80)70(95)84-54(14-9-23-82-75(81)100)69(94)83-49-17-15-46(16-18-49)44-109-76(101)86(3)24-25-87(4)77(102)111-58-39-56-63(53-13-8-6-11-51(53)58)48(41-79)43-89(56)72(97)60-20-19-59(113-60)71(96)88-42-47(40-78)62-52-12-7-5-10-50(52)57(38-55(62)88)110-74-67(93)65(91)66(92)68(112-74)73(98)99/h5-8,10-13,15-20,38-39,45,47-48,54,64-68,74,91-93H,9,14,21-37,40-44,80H2,1-4H3,(H,83,94)(H,84,95)(H,85,90)(H,98,99)(H3,81,82,100)/t47-,48-,54+,64+,65?,66+,67+,68?,74-/m1/s1. The van der Waals surface area contributed by atoms with E-state index in [1.165, 1.54) is 33.7 Å². The molecule has 1 saturated heterocycles. The number of thiophene rings is 1. The third-order valence-corrected chi connectivity index (χ3v) is 20.6. The Bertz CT molecular complexity index is 4240. The van der Waals surface area contributed by atoms with Gasteiger partial charge in [0.2, 0.25) is 24.0 Å². The van der Waals surface area contributed by atoms with Crippen LogP contribution in [-0.4, -0.2) is 271 Å². The van der Waals surface area contributed by atoms with Crippen molar-refractivity contribution in [1.29, 1.82) is 0 Å². The van der Waals surface area contributed by atoms with Gasteiger partial charge in [-0.05, 0) is 70.5 Å². The Hall–Kier alpha value is -9.11. The number of aliphatic hydroxyl groups excluding tert-OH is 3. The topological polar surface area (TPSA) is 440 Å². The van der Waals surface area contributed by atoms with Gasteiger partial charge in [-0.15, -0.1) is 34.5 Å². The van der Waals surface area contributed by atoms with Gasteiger partial charge in [0.1, 0.15) is 48.5 Å². The maximum absolute atomic E-state index is 14.8. The first-order valence-corrected chi connectivity index (χ1v) is 38.9. The zero-order valence-corrected chi connectivity index (χ0v) is 65.5. The lowest BCUT2D eigenvalue weighted by atomic mass is 9.95. The van der Waals surface area contributed by atoms with Crippen molar-refractivity contribution in [2.75, 3.05) is 160 Å². The summed E-state index contributed by atoms with van der Waals surface area (Å²) in [5.41, 5.74) is 13.8. The van der Waals surface area contributed by atoms with Gasteiger partial charge in [0, 0.05) is 112 Å². The zero-order valence-electron chi connectivity index (χ0n) is 63.1. The van der Waals surface area contributed by atoms with Crippen molar-refractivity contribution in [3.63, 3.8) is 0 Å². The summed E-state index contributed by atoms with van der Waals surface area (Å²) in [6.45, 7) is 8.58. The van der Waals surface area contributed by atoms with E-state index in [-0.39, 0.29) is 129 Å². The summed E-state index contributed by atoms with van der Waals surface area (Å²) in [6.07, 6.45) is -10.6. The number of halogens is 2. The second kappa shape index (κ2) is 43.4. The van der Waals surface area contributed by atoms with Gasteiger partial charge in [-0.3, -0.25) is 24.0 Å². The predicted octanol–water partition coefficient (Wildman–Crippen LogP) is 5.45. The molecule has 0 radical (unpaired) electrons. The van der Waals surface area contributed by atoms with Crippen LogP contribution in [0.15, 0.2) is 97.1 Å². The maximum Gasteiger partial charge on any atom is 0.415 e. The molecule has 0 saturated carbocycles. The lowest BCUT2D eigenvalue weighted by Gasteiger charge is -2.38. The Morgan fingerprint density at radius 3 is 1.62 bits per heavy atom. The van der Waals surface area contributed by atoms with Gasteiger partial charge < -0.3 is 120 Å². The van der Waals surface area contributed by atoms with E-state index < -0.39 is 96.5 Å². The summed E-state index contributed by atoms with van der Waals surface area (Å²) in [5, 5.41) is 54.7. The first kappa shape index (κ1) is 87.8. The van der Waals surface area contributed by atoms with Crippen LogP contribution in [0.25, 0.3) is 21.5 Å². The summed E-state index contributed by atoms with van der Waals surface area (Å²) in [6, 6.07) is 24.0. The van der Waals surface area contributed by atoms with Crippen molar-refractivity contribution in [3.05, 3.63) is 124 Å². The van der Waals surface area contributed by atoms with Crippen LogP contribution in [0, 0.1) is 5.92 Å². The second-order valence-corrected chi connectivity index (χ2v) is 28.9. The number of carboxylic acid groups (broad SMARTS) is 1. The van der Waals surface area contributed by atoms with Crippen LogP contribution >= 0.6 is 34.5 Å². The largest absolute Gasteiger partial charge is 0.479 e. The molecule has 1 aromatic heterocycles. The number of aliphatic hydroxyl groups is 3. The average Bonchev–Trinajstić information content (AvgIpc) is 1.62. The van der Waals surface area contributed by atoms with E-state index >= 15 is 0 Å². The fourth-order valence-corrected chi connectivity index (χ4v) is 14.3. The Morgan fingerprint density at radius 2 is 1.12 bits per heavy atom. The number of fused-ring (bicyclic) bond motifs is 6. The SMILES string of the molecule is CC(C)[C@H](NC(=O)CCOCCOCCOCCOCCOCCOCCN)C(=O)N[C@@H](CCCNC(N)=O)C(=O)Nc1ccc(COC(=O)N(C)CCN(C)C(=O)Oc2cc3c(c4ccccc24)[C@H](CCl)CN3C(=O)c2ccc(C(=O)N3C[C@@H](CCl)c4c3cc(O[C@@H]3OC(C(=O)O)[C@@H](O)C(O)[C@@H]3O)c3ccccc43)s2)cc1. The average molecular weight is 1630 g/mol. The normalized spacial score (nSPS) is 18.3. The molecule has 3 aliphatic rings. The molecule has 113 heavy (non-hydrogen) atoms. The fourth-order valence-electron chi connectivity index (χ4n) is 12.9. The van der Waals surface area contributed by atoms with E-state index in [4.69, 9.17) is 82.0 Å². The molecule has 36 heteroatoms. The number of carbonyl (C=O) groups is 9. The van der Waals surface area contributed by atoms with Crippen molar-refractivity contribution in [3.8, 4) is 11.5 Å². The number of rotatable bonds is 43. The lowest BCUT2D eigenvalue weighted by molar-refractivity contribution is -0.270. The second-order valence-electron chi connectivity index (χ2n) is 27.2. The molecule has 5 aromatic carbocycles. The molecule has 6 aromatic rings. The minimum absolute atomic E-state index is 0.00179. The number of amides is 9. The van der Waals surface area contributed by atoms with Crippen molar-refractivity contribution < 1.29 is 111 Å². The zero-order chi connectivity index (χ0) is 81.3. The van der Waals surface area contributed by atoms with E-state index in [9.17, 15) is 63.6 Å². The summed E-state index contributed by atoms with van der Waals surface area (Å²) >= 11 is 14.2. The number of anilines is 3. The van der Waals surface area contributed by atoms with Crippen molar-refractivity contribution in [1.82, 2.24) is 25.8 Å². The number of aliphatic carboxylic acids is 1. The smallest absolute Gasteiger partial charge is 0.415 e. The van der Waals surface area contributed by atoms with E-state index in [0.29, 0.717) is 116 Å². The molecule has 9 atom stereocenters. The van der Waals surface area contributed by atoms with Crippen LogP contribution in [-0.2, 0) is 63.7 Å². The van der Waals surface area contributed by atoms with Gasteiger partial charge in [0.25, 0.3) is 11.8 Å². The van der Waals surface area contributed by atoms with E-state index in [2.05, 4.69) is 21.3 Å². The summed E-state index contributed by atoms with van der Waals surface area (Å²) < 4.78 is 55.9. The number of ether oxygens (including phenoxy) is 10. The van der Waals surface area contributed by atoms with Crippen molar-refractivity contribution >= 4 is 127 Å². The number of hydrogen-bond donors (Lipinski definition) is 10. The quantitative estimate of drug-likeness (QED) is 0.0168. The van der Waals surface area contributed by atoms with Crippen LogP contribution in [0.5, 0.6) is 11.5 Å². The highest BCUT2D eigenvalue weighted by Gasteiger charge is 2.49. The Labute approximate surface area is 666 Å². The molecule has 33 nitrogen and oxygen atoms in total. The Morgan fingerprint density at radius 1 is 0.619 bits per heavy atom. The third kappa shape index (κ3) is 23.8. The van der Waals surface area contributed by atoms with Crippen molar-refractivity contribution in [2.45, 2.75) is 94.3 Å². The van der Waals surface area contributed by atoms with E-state index in [0.717, 1.165) is 16.9 Å². The van der Waals surface area contributed by atoms with Crippen LogP contribution < -0.4 is 52.0 Å². The molecule has 9 amide bonds. The lowest BCUT2D eigenvalue weighted by Crippen LogP contribution is -2.61. The van der Waals surface area contributed by atoms with E-state index in [1.807, 2.05) is 12.1 Å². The van der Waals surface area contributed by atoms with Gasteiger partial charge in [0.05, 0.1) is 100 Å². The molecule has 9 rings (SSSR count). The van der Waals surface area contributed by atoms with Gasteiger partial charge in [0.15, 0.2) is 6.10 Å². The first-order chi connectivity index (χ1) is 54.4.